The van der Waals surface area contributed by atoms with Gasteiger partial charge in [-0.25, -0.2) is 10.0 Å². The molecule has 0 N–H and O–H groups in total. The lowest BCUT2D eigenvalue weighted by molar-refractivity contribution is -0.120. The van der Waals surface area contributed by atoms with E-state index in [0.29, 0.717) is 19.7 Å². The highest BCUT2D eigenvalue weighted by molar-refractivity contribution is 7.13. The van der Waals surface area contributed by atoms with Crippen molar-refractivity contribution >= 4 is 22.9 Å². The van der Waals surface area contributed by atoms with Crippen LogP contribution in [0.25, 0.3) is 0 Å². The summed E-state index contributed by atoms with van der Waals surface area (Å²) in [5.74, 6) is 0. The molecular weight excluding hydrogens is 226 g/mol. The molecule has 2 heterocycles. The zero-order valence-electron chi connectivity index (χ0n) is 9.42. The molecule has 1 saturated heterocycles. The van der Waals surface area contributed by atoms with Crippen molar-refractivity contribution in [2.75, 3.05) is 24.8 Å². The molecule has 0 bridgehead atoms. The van der Waals surface area contributed by atoms with E-state index >= 15 is 0 Å². The van der Waals surface area contributed by atoms with Gasteiger partial charge in [-0.15, -0.1) is 11.3 Å². The summed E-state index contributed by atoms with van der Waals surface area (Å²) in [5.41, 5.74) is 0.994. The largest absolute Gasteiger partial charge is 0.338 e. The third-order valence-corrected chi connectivity index (χ3v) is 3.52. The first kappa shape index (κ1) is 11.3. The highest BCUT2D eigenvalue weighted by Crippen LogP contribution is 2.21. The van der Waals surface area contributed by atoms with Crippen LogP contribution in [0.3, 0.4) is 0 Å². The van der Waals surface area contributed by atoms with E-state index in [4.69, 9.17) is 4.84 Å². The van der Waals surface area contributed by atoms with E-state index in [1.807, 2.05) is 19.2 Å². The van der Waals surface area contributed by atoms with Crippen LogP contribution < -0.4 is 5.06 Å². The average Bonchev–Trinajstić information content (AvgIpc) is 2.60. The van der Waals surface area contributed by atoms with Crippen LogP contribution in [0.2, 0.25) is 0 Å². The van der Waals surface area contributed by atoms with Crippen molar-refractivity contribution in [1.82, 2.24) is 9.88 Å². The number of aryl methyl sites for hydroxylation is 1. The van der Waals surface area contributed by atoms with Gasteiger partial charge < -0.3 is 4.90 Å². The van der Waals surface area contributed by atoms with Crippen LogP contribution in [0, 0.1) is 6.92 Å². The number of carbonyl (C=O) groups excluding carboxylic acids is 1. The van der Waals surface area contributed by atoms with Crippen LogP contribution in [-0.4, -0.2) is 42.0 Å². The smallest absolute Gasteiger partial charge is 0.210 e. The van der Waals surface area contributed by atoms with Gasteiger partial charge in [0.1, 0.15) is 0 Å². The number of anilines is 1. The Balaban J connectivity index is 2.06. The van der Waals surface area contributed by atoms with E-state index in [2.05, 4.69) is 4.98 Å². The Kier molecular flexibility index (Phi) is 3.40. The molecular formula is C10H15N3O2S. The molecule has 5 nitrogen and oxygen atoms in total. The van der Waals surface area contributed by atoms with E-state index in [0.717, 1.165) is 17.2 Å². The van der Waals surface area contributed by atoms with Crippen molar-refractivity contribution in [2.24, 2.45) is 0 Å². The summed E-state index contributed by atoms with van der Waals surface area (Å²) in [6.45, 7) is 5.78. The maximum Gasteiger partial charge on any atom is 0.210 e. The minimum Gasteiger partial charge on any atom is -0.338 e. The van der Waals surface area contributed by atoms with Crippen molar-refractivity contribution in [3.63, 3.8) is 0 Å². The number of aromatic nitrogens is 1. The van der Waals surface area contributed by atoms with Crippen molar-refractivity contribution in [3.8, 4) is 0 Å². The minimum atomic E-state index is 0.114. The molecule has 1 aromatic heterocycles. The van der Waals surface area contributed by atoms with Crippen LogP contribution in [-0.2, 0) is 9.63 Å². The number of hydrogen-bond acceptors (Lipinski definition) is 5. The summed E-state index contributed by atoms with van der Waals surface area (Å²) < 4.78 is 0. The number of rotatable bonds is 2. The second-order valence-corrected chi connectivity index (χ2v) is 4.70. The number of carbonyl (C=O) groups is 1. The Hall–Kier alpha value is -1.14. The van der Waals surface area contributed by atoms with E-state index < -0.39 is 0 Å². The second-order valence-electron chi connectivity index (χ2n) is 3.86. The summed E-state index contributed by atoms with van der Waals surface area (Å²) in [5, 5.41) is 4.62. The van der Waals surface area contributed by atoms with E-state index in [-0.39, 0.29) is 6.04 Å². The Morgan fingerprint density at radius 1 is 1.62 bits per heavy atom. The summed E-state index contributed by atoms with van der Waals surface area (Å²) in [6, 6.07) is 0.114. The maximum absolute atomic E-state index is 10.8. The van der Waals surface area contributed by atoms with Crippen molar-refractivity contribution in [2.45, 2.75) is 19.9 Å². The van der Waals surface area contributed by atoms with E-state index in [1.54, 1.807) is 21.3 Å². The molecule has 0 unspecified atom stereocenters. The number of hydrogen-bond donors (Lipinski definition) is 0. The molecule has 1 aliphatic rings. The van der Waals surface area contributed by atoms with Crippen LogP contribution >= 0.6 is 11.3 Å². The average molecular weight is 241 g/mol. The predicted octanol–water partition coefficient (Wildman–Crippen LogP) is 1.05. The highest BCUT2D eigenvalue weighted by atomic mass is 32.1. The van der Waals surface area contributed by atoms with Gasteiger partial charge in [-0.1, -0.05) is 0 Å². The summed E-state index contributed by atoms with van der Waals surface area (Å²) >= 11 is 1.56. The normalized spacial score (nSPS) is 22.0. The van der Waals surface area contributed by atoms with Gasteiger partial charge in [0, 0.05) is 11.9 Å². The van der Waals surface area contributed by atoms with Crippen molar-refractivity contribution < 1.29 is 9.63 Å². The second kappa shape index (κ2) is 4.80. The highest BCUT2D eigenvalue weighted by Gasteiger charge is 2.21. The third-order valence-electron chi connectivity index (χ3n) is 2.55. The number of nitrogens with zero attached hydrogens (tertiary/aromatic N) is 3. The lowest BCUT2D eigenvalue weighted by Gasteiger charge is -2.19. The molecule has 0 aromatic carbocycles. The SMILES string of the molecule is Cc1csc(N2CCN(C=O)[C@H](C)CO2)n1. The van der Waals surface area contributed by atoms with Gasteiger partial charge in [0.05, 0.1) is 24.9 Å². The molecule has 6 heteroatoms. The Morgan fingerprint density at radius 3 is 3.06 bits per heavy atom. The third kappa shape index (κ3) is 2.33. The molecule has 0 spiro atoms. The van der Waals surface area contributed by atoms with Crippen LogP contribution in [0.5, 0.6) is 0 Å². The van der Waals surface area contributed by atoms with Gasteiger partial charge in [0.15, 0.2) is 0 Å². The van der Waals surface area contributed by atoms with Gasteiger partial charge >= 0.3 is 0 Å². The first-order valence-electron chi connectivity index (χ1n) is 5.24. The lowest BCUT2D eigenvalue weighted by atomic mass is 10.3. The molecule has 0 saturated carbocycles. The van der Waals surface area contributed by atoms with Gasteiger partial charge in [0.2, 0.25) is 11.5 Å². The molecule has 1 aromatic rings. The quantitative estimate of drug-likeness (QED) is 0.726. The van der Waals surface area contributed by atoms with E-state index in [9.17, 15) is 4.79 Å². The molecule has 2 rings (SSSR count). The van der Waals surface area contributed by atoms with Crippen molar-refractivity contribution in [3.05, 3.63) is 11.1 Å². The summed E-state index contributed by atoms with van der Waals surface area (Å²) in [7, 11) is 0. The van der Waals surface area contributed by atoms with Gasteiger partial charge in [-0.3, -0.25) is 9.63 Å². The lowest BCUT2D eigenvalue weighted by Crippen LogP contribution is -2.34. The van der Waals surface area contributed by atoms with Gasteiger partial charge in [-0.05, 0) is 13.8 Å². The minimum absolute atomic E-state index is 0.114. The molecule has 16 heavy (non-hydrogen) atoms. The maximum atomic E-state index is 10.8. The molecule has 0 aliphatic carbocycles. The van der Waals surface area contributed by atoms with E-state index in [1.165, 1.54) is 0 Å². The number of amides is 1. The Bertz CT molecular complexity index is 369. The predicted molar refractivity (Wildman–Crippen MR) is 62.4 cm³/mol. The molecule has 88 valence electrons. The van der Waals surface area contributed by atoms with Crippen LogP contribution in [0.15, 0.2) is 5.38 Å². The first-order valence-corrected chi connectivity index (χ1v) is 6.12. The topological polar surface area (TPSA) is 45.7 Å². The Morgan fingerprint density at radius 2 is 2.44 bits per heavy atom. The standard InChI is InChI=1S/C10H15N3O2S/c1-8-6-16-10(11-8)13-4-3-12(7-14)9(2)5-15-13/h6-7,9H,3-5H2,1-2H3/t9-/m1/s1. The van der Waals surface area contributed by atoms with Gasteiger partial charge in [0.25, 0.3) is 0 Å². The molecule has 0 radical (unpaired) electrons. The van der Waals surface area contributed by atoms with Crippen LogP contribution in [0.1, 0.15) is 12.6 Å². The summed E-state index contributed by atoms with van der Waals surface area (Å²) in [6.07, 6.45) is 0.880. The first-order chi connectivity index (χ1) is 7.70. The molecule has 1 atom stereocenters. The van der Waals surface area contributed by atoms with Gasteiger partial charge in [-0.2, -0.15) is 0 Å². The zero-order chi connectivity index (χ0) is 11.5. The molecule has 1 amide bonds. The zero-order valence-corrected chi connectivity index (χ0v) is 10.2. The number of hydroxylamine groups is 1. The monoisotopic (exact) mass is 241 g/mol. The molecule has 1 fully saturated rings. The molecule has 1 aliphatic heterocycles. The fraction of sp³-hybridized carbons (Fsp3) is 0.600. The summed E-state index contributed by atoms with van der Waals surface area (Å²) in [4.78, 5) is 22.6. The fourth-order valence-corrected chi connectivity index (χ4v) is 2.34. The fourth-order valence-electron chi connectivity index (χ4n) is 1.55. The number of thiazole rings is 1. The van der Waals surface area contributed by atoms with Crippen LogP contribution in [0.4, 0.5) is 5.13 Å². The van der Waals surface area contributed by atoms with Crippen molar-refractivity contribution in [1.29, 1.82) is 0 Å². The Labute approximate surface area is 98.6 Å².